The molecule has 0 bridgehead atoms. The smallest absolute Gasteiger partial charge is 0.101 e. The second-order valence-corrected chi connectivity index (χ2v) is 9.93. The highest BCUT2D eigenvalue weighted by molar-refractivity contribution is 5.95. The molecule has 0 spiro atoms. The molecule has 5 rings (SSSR count). The molecule has 34 heavy (non-hydrogen) atoms. The summed E-state index contributed by atoms with van der Waals surface area (Å²) in [5, 5.41) is 14.4. The van der Waals surface area contributed by atoms with Crippen molar-refractivity contribution in [3.8, 4) is 6.07 Å². The molecule has 3 aromatic rings. The van der Waals surface area contributed by atoms with Gasteiger partial charge >= 0.3 is 0 Å². The average Bonchev–Trinajstić information content (AvgIpc) is 2.87. The van der Waals surface area contributed by atoms with E-state index < -0.39 is 0 Å². The summed E-state index contributed by atoms with van der Waals surface area (Å²) in [6.07, 6.45) is 2.94. The molecule has 2 fully saturated rings. The van der Waals surface area contributed by atoms with Crippen LogP contribution in [-0.4, -0.2) is 62.2 Å². The van der Waals surface area contributed by atoms with E-state index in [2.05, 4.69) is 81.4 Å². The summed E-state index contributed by atoms with van der Waals surface area (Å²) < 4.78 is 0. The molecular formula is C28H34N6. The molecule has 0 saturated carbocycles. The Morgan fingerprint density at radius 3 is 2.71 bits per heavy atom. The van der Waals surface area contributed by atoms with Crippen LogP contribution in [0.1, 0.15) is 24.5 Å². The summed E-state index contributed by atoms with van der Waals surface area (Å²) in [6.45, 7) is 9.62. The molecule has 6 nitrogen and oxygen atoms in total. The highest BCUT2D eigenvalue weighted by Crippen LogP contribution is 2.31. The van der Waals surface area contributed by atoms with E-state index in [4.69, 9.17) is 0 Å². The van der Waals surface area contributed by atoms with Gasteiger partial charge in [0.1, 0.15) is 6.07 Å². The number of benzene rings is 2. The quantitative estimate of drug-likeness (QED) is 0.632. The van der Waals surface area contributed by atoms with E-state index in [0.29, 0.717) is 17.5 Å². The summed E-state index contributed by atoms with van der Waals surface area (Å²) in [4.78, 5) is 11.9. The van der Waals surface area contributed by atoms with Crippen molar-refractivity contribution in [3.63, 3.8) is 0 Å². The topological polar surface area (TPSA) is 58.4 Å². The number of pyridine rings is 1. The molecule has 0 aliphatic carbocycles. The number of piperidine rings is 1. The third-order valence-corrected chi connectivity index (χ3v) is 7.24. The van der Waals surface area contributed by atoms with E-state index in [1.54, 1.807) is 6.20 Å². The normalized spacial score (nSPS) is 21.6. The Morgan fingerprint density at radius 1 is 1.03 bits per heavy atom. The Hall–Kier alpha value is -3.14. The molecule has 2 aliphatic rings. The molecule has 2 aliphatic heterocycles. The molecule has 6 heteroatoms. The van der Waals surface area contributed by atoms with E-state index >= 15 is 0 Å². The number of aromatic nitrogens is 1. The van der Waals surface area contributed by atoms with Gasteiger partial charge in [-0.15, -0.1) is 0 Å². The number of nitriles is 1. The lowest BCUT2D eigenvalue weighted by molar-refractivity contribution is 0.313. The van der Waals surface area contributed by atoms with Crippen molar-refractivity contribution in [1.82, 2.24) is 15.2 Å². The fourth-order valence-corrected chi connectivity index (χ4v) is 5.41. The zero-order chi connectivity index (χ0) is 23.5. The van der Waals surface area contributed by atoms with Crippen LogP contribution in [0.5, 0.6) is 0 Å². The van der Waals surface area contributed by atoms with Crippen LogP contribution in [0.15, 0.2) is 54.7 Å². The van der Waals surface area contributed by atoms with Gasteiger partial charge in [-0.2, -0.15) is 5.26 Å². The summed E-state index contributed by atoms with van der Waals surface area (Å²) in [5.41, 5.74) is 5.29. The van der Waals surface area contributed by atoms with Gasteiger partial charge < -0.3 is 20.0 Å². The Morgan fingerprint density at radius 2 is 1.88 bits per heavy atom. The van der Waals surface area contributed by atoms with Gasteiger partial charge in [0.2, 0.25) is 0 Å². The predicted octanol–water partition coefficient (Wildman–Crippen LogP) is 3.86. The lowest BCUT2D eigenvalue weighted by Gasteiger charge is -2.39. The highest BCUT2D eigenvalue weighted by atomic mass is 15.2. The van der Waals surface area contributed by atoms with E-state index in [9.17, 15) is 5.26 Å². The number of fused-ring (bicyclic) bond motifs is 1. The minimum absolute atomic E-state index is 0.415. The van der Waals surface area contributed by atoms with E-state index in [1.807, 2.05) is 12.1 Å². The Labute approximate surface area is 202 Å². The minimum atomic E-state index is 0.415. The average molecular weight is 455 g/mol. The number of nitrogens with zero attached hydrogens (tertiary/aromatic N) is 5. The fraction of sp³-hybridized carbons (Fsp3) is 0.429. The van der Waals surface area contributed by atoms with Crippen LogP contribution in [0.25, 0.3) is 10.9 Å². The molecule has 2 aromatic carbocycles. The summed E-state index contributed by atoms with van der Waals surface area (Å²) >= 11 is 0. The summed E-state index contributed by atoms with van der Waals surface area (Å²) in [7, 11) is 2.20. The van der Waals surface area contributed by atoms with Gasteiger partial charge in [-0.1, -0.05) is 19.1 Å². The molecular weight excluding hydrogens is 420 g/mol. The maximum absolute atomic E-state index is 9.49. The van der Waals surface area contributed by atoms with E-state index in [1.165, 1.54) is 23.4 Å². The van der Waals surface area contributed by atoms with Crippen LogP contribution in [0.4, 0.5) is 11.4 Å². The van der Waals surface area contributed by atoms with Crippen molar-refractivity contribution in [3.05, 3.63) is 65.9 Å². The van der Waals surface area contributed by atoms with Crippen molar-refractivity contribution in [2.45, 2.75) is 25.9 Å². The van der Waals surface area contributed by atoms with Gasteiger partial charge in [-0.3, -0.25) is 4.98 Å². The number of hydrogen-bond donors (Lipinski definition) is 1. The van der Waals surface area contributed by atoms with Crippen LogP contribution >= 0.6 is 0 Å². The van der Waals surface area contributed by atoms with Gasteiger partial charge in [-0.05, 0) is 61.3 Å². The van der Waals surface area contributed by atoms with Gasteiger partial charge in [0.05, 0.1) is 11.1 Å². The van der Waals surface area contributed by atoms with Crippen LogP contribution < -0.4 is 15.1 Å². The van der Waals surface area contributed by atoms with Crippen LogP contribution in [-0.2, 0) is 6.54 Å². The molecule has 0 amide bonds. The Kier molecular flexibility index (Phi) is 6.66. The summed E-state index contributed by atoms with van der Waals surface area (Å²) in [5.74, 6) is 0.588. The number of piperazine rings is 1. The third kappa shape index (κ3) is 4.86. The van der Waals surface area contributed by atoms with Gasteiger partial charge in [0.15, 0.2) is 0 Å². The van der Waals surface area contributed by atoms with Crippen molar-refractivity contribution in [2.75, 3.05) is 56.1 Å². The SMILES string of the molecule is CC1CC(NCc2cccc(N3CCN(C)CC3)c2)CN(c2ccc(C#N)c3ncccc23)C1. The maximum Gasteiger partial charge on any atom is 0.101 e. The lowest BCUT2D eigenvalue weighted by atomic mass is 9.94. The largest absolute Gasteiger partial charge is 0.369 e. The standard InChI is InChI=1S/C28H34N6/c1-21-15-24(31-18-22-5-3-6-25(16-22)33-13-11-32(2)12-14-33)20-34(19-21)27-9-8-23(17-29)28-26(27)7-4-10-30-28/h3-10,16,21,24,31H,11-15,18-20H2,1-2H3. The molecule has 3 heterocycles. The lowest BCUT2D eigenvalue weighted by Crippen LogP contribution is -2.48. The molecule has 1 aromatic heterocycles. The monoisotopic (exact) mass is 454 g/mol. The zero-order valence-corrected chi connectivity index (χ0v) is 20.2. The summed E-state index contributed by atoms with van der Waals surface area (Å²) in [6, 6.07) is 19.8. The van der Waals surface area contributed by atoms with Gasteiger partial charge in [-0.25, -0.2) is 0 Å². The molecule has 0 radical (unpaired) electrons. The van der Waals surface area contributed by atoms with E-state index in [0.717, 1.165) is 56.7 Å². The minimum Gasteiger partial charge on any atom is -0.369 e. The first-order valence-electron chi connectivity index (χ1n) is 12.4. The van der Waals surface area contributed by atoms with Gasteiger partial charge in [0.25, 0.3) is 0 Å². The van der Waals surface area contributed by atoms with Crippen molar-refractivity contribution < 1.29 is 0 Å². The Balaban J connectivity index is 1.28. The molecule has 1 N–H and O–H groups in total. The van der Waals surface area contributed by atoms with Gasteiger partial charge in [0, 0.05) is 74.8 Å². The number of anilines is 2. The number of hydrogen-bond acceptors (Lipinski definition) is 6. The van der Waals surface area contributed by atoms with Crippen molar-refractivity contribution in [1.29, 1.82) is 5.26 Å². The first-order valence-corrected chi connectivity index (χ1v) is 12.4. The fourth-order valence-electron chi connectivity index (χ4n) is 5.41. The van der Waals surface area contributed by atoms with Crippen LogP contribution in [0.2, 0.25) is 0 Å². The van der Waals surface area contributed by atoms with Crippen LogP contribution in [0, 0.1) is 17.2 Å². The molecule has 2 atom stereocenters. The van der Waals surface area contributed by atoms with E-state index in [-0.39, 0.29) is 0 Å². The zero-order valence-electron chi connectivity index (χ0n) is 20.2. The molecule has 2 saturated heterocycles. The van der Waals surface area contributed by atoms with Crippen molar-refractivity contribution in [2.24, 2.45) is 5.92 Å². The van der Waals surface area contributed by atoms with Crippen molar-refractivity contribution >= 4 is 22.3 Å². The Bertz CT molecular complexity index is 1180. The molecule has 176 valence electrons. The highest BCUT2D eigenvalue weighted by Gasteiger charge is 2.26. The number of nitrogens with one attached hydrogen (secondary N) is 1. The first-order chi connectivity index (χ1) is 16.6. The number of likely N-dealkylation sites (N-methyl/N-ethyl adjacent to an activating group) is 1. The first kappa shape index (κ1) is 22.6. The van der Waals surface area contributed by atoms with Crippen LogP contribution in [0.3, 0.4) is 0 Å². The number of rotatable bonds is 5. The predicted molar refractivity (Wildman–Crippen MR) is 139 cm³/mol. The second-order valence-electron chi connectivity index (χ2n) is 9.93. The second kappa shape index (κ2) is 10.0. The molecule has 2 unspecified atom stereocenters. The third-order valence-electron chi connectivity index (χ3n) is 7.24. The maximum atomic E-state index is 9.49.